The molecule has 0 saturated heterocycles. The number of fused-ring (bicyclic) bond motifs is 2. The molecule has 2 aliphatic rings. The van der Waals surface area contributed by atoms with Gasteiger partial charge in [0.1, 0.15) is 0 Å². The van der Waals surface area contributed by atoms with E-state index < -0.39 is 0 Å². The molecule has 4 heterocycles. The molecule has 1 radical (unpaired) electrons. The van der Waals surface area contributed by atoms with Gasteiger partial charge in [0.2, 0.25) is 11.9 Å². The Kier molecular flexibility index (Phi) is 12.2. The summed E-state index contributed by atoms with van der Waals surface area (Å²) in [5.41, 5.74) is 12.2. The van der Waals surface area contributed by atoms with E-state index >= 15 is 0 Å². The standard InChI is InChI=1S/C14H18BrN5O3.C14H19N5O3.BHNS/c1-3-8-7(5-23-6(2)21)4-9(8)20-11-10(17-13(20)15)12(22)19-14(16)18-11;1-3-9-8(5-22-7(2)20)4-10(9)19-6-16-11-12(19)17-14(15)18-13(11)21;1-2-3/h7-9H,3-5H2,1-2H3,(H3,16,18,19,22);6,8-10H,3-5H2,1-2H3,(H3,15,17,18,21);3H. The van der Waals surface area contributed by atoms with Crippen LogP contribution in [0.4, 0.5) is 11.9 Å². The quantitative estimate of drug-likeness (QED) is 0.0756. The number of halogens is 1. The van der Waals surface area contributed by atoms with Crippen LogP contribution in [0.2, 0.25) is 0 Å². The molecule has 0 spiro atoms. The number of nitrogens with zero attached hydrogens (tertiary/aromatic N) is 7. The van der Waals surface area contributed by atoms with E-state index in [1.54, 1.807) is 6.33 Å². The third-order valence-corrected chi connectivity index (χ3v) is 9.46. The number of rotatable bonds is 8. The first-order chi connectivity index (χ1) is 22.8. The monoisotopic (exact) mass is 746 g/mol. The van der Waals surface area contributed by atoms with Gasteiger partial charge in [0.05, 0.1) is 19.5 Å². The van der Waals surface area contributed by atoms with E-state index in [-0.39, 0.29) is 52.6 Å². The van der Waals surface area contributed by atoms with E-state index in [1.807, 2.05) is 9.13 Å². The Hall–Kier alpha value is -4.07. The molecule has 6 N–H and O–H groups in total. The van der Waals surface area contributed by atoms with Crippen LogP contribution in [0.5, 0.6) is 0 Å². The van der Waals surface area contributed by atoms with Crippen LogP contribution in [-0.4, -0.2) is 71.8 Å². The van der Waals surface area contributed by atoms with E-state index in [2.05, 4.69) is 84.4 Å². The van der Waals surface area contributed by atoms with Crippen molar-refractivity contribution in [1.82, 2.24) is 39.0 Å². The molecule has 20 heteroatoms. The van der Waals surface area contributed by atoms with Gasteiger partial charge < -0.3 is 25.5 Å². The van der Waals surface area contributed by atoms with E-state index in [0.29, 0.717) is 58.4 Å². The number of esters is 2. The maximum absolute atomic E-state index is 12.0. The number of H-pyrrole nitrogens is 2. The molecule has 0 amide bonds. The number of ether oxygens (including phenoxy) is 2. The zero-order valence-corrected chi connectivity index (χ0v) is 29.4. The summed E-state index contributed by atoms with van der Waals surface area (Å²) in [6, 6.07) is 0.345. The Labute approximate surface area is 289 Å². The molecule has 257 valence electrons. The van der Waals surface area contributed by atoms with E-state index in [0.717, 1.165) is 25.7 Å². The number of thiol groups is 1. The minimum atomic E-state index is -0.351. The van der Waals surface area contributed by atoms with Gasteiger partial charge in [-0.1, -0.05) is 26.7 Å². The summed E-state index contributed by atoms with van der Waals surface area (Å²) < 4.78 is 17.3. The van der Waals surface area contributed by atoms with Crippen LogP contribution in [0.15, 0.2) is 25.0 Å². The van der Waals surface area contributed by atoms with E-state index in [9.17, 15) is 19.2 Å². The van der Waals surface area contributed by atoms with Crippen molar-refractivity contribution < 1.29 is 19.1 Å². The first kappa shape index (κ1) is 36.8. The molecular weight excluding hydrogens is 709 g/mol. The number of nitrogen functional groups attached to an aromatic ring is 2. The maximum atomic E-state index is 12.0. The van der Waals surface area contributed by atoms with Gasteiger partial charge >= 0.3 is 36.7 Å². The van der Waals surface area contributed by atoms with Gasteiger partial charge in [-0.05, 0) is 52.4 Å². The first-order valence-electron chi connectivity index (χ1n) is 15.3. The predicted octanol–water partition coefficient (Wildman–Crippen LogP) is 2.65. The summed E-state index contributed by atoms with van der Waals surface area (Å²) in [4.78, 5) is 67.5. The molecule has 0 aliphatic heterocycles. The van der Waals surface area contributed by atoms with E-state index in [1.165, 1.54) is 13.8 Å². The summed E-state index contributed by atoms with van der Waals surface area (Å²) >= 11 is 6.61. The third kappa shape index (κ3) is 7.80. The van der Waals surface area contributed by atoms with Gasteiger partial charge in [-0.3, -0.25) is 33.7 Å². The molecule has 6 atom stereocenters. The topological polar surface area (TPSA) is 244 Å². The Morgan fingerprint density at radius 3 is 1.94 bits per heavy atom. The molecule has 4 aromatic rings. The first-order valence-corrected chi connectivity index (χ1v) is 16.5. The van der Waals surface area contributed by atoms with Crippen molar-refractivity contribution in [1.29, 1.82) is 0 Å². The fraction of sp³-hybridized carbons (Fsp3) is 0.571. The molecule has 2 saturated carbocycles. The average molecular weight is 747 g/mol. The number of aromatic nitrogens is 8. The number of carbonyl (C=O) groups excluding carboxylic acids is 2. The van der Waals surface area contributed by atoms with Crippen LogP contribution in [0.1, 0.15) is 65.5 Å². The Morgan fingerprint density at radius 1 is 0.938 bits per heavy atom. The molecule has 6 rings (SSSR count). The van der Waals surface area contributed by atoms with Crippen LogP contribution >= 0.6 is 28.7 Å². The van der Waals surface area contributed by atoms with Crippen molar-refractivity contribution >= 4 is 82.5 Å². The number of nitrogens with two attached hydrogens (primary N) is 2. The number of imidazole rings is 2. The van der Waals surface area contributed by atoms with Crippen molar-refractivity contribution in [2.45, 2.75) is 65.5 Å². The second-order valence-electron chi connectivity index (χ2n) is 11.6. The average Bonchev–Trinajstić information content (AvgIpc) is 3.54. The Morgan fingerprint density at radius 2 is 1.42 bits per heavy atom. The molecule has 6 unspecified atom stereocenters. The summed E-state index contributed by atoms with van der Waals surface area (Å²) in [6.45, 7) is 7.89. The number of hydrogen-bond donors (Lipinski definition) is 5. The van der Waals surface area contributed by atoms with E-state index in [4.69, 9.17) is 20.9 Å². The molecule has 0 bridgehead atoms. The molecular formula is C28H38BBrN11O6S. The fourth-order valence-electron chi connectivity index (χ4n) is 6.67. The van der Waals surface area contributed by atoms with Crippen LogP contribution in [0.25, 0.3) is 22.3 Å². The second kappa shape index (κ2) is 15.9. The molecule has 4 aromatic heterocycles. The van der Waals surface area contributed by atoms with Crippen molar-refractivity contribution in [3.63, 3.8) is 0 Å². The number of aromatic amines is 2. The number of anilines is 2. The van der Waals surface area contributed by atoms with Gasteiger partial charge in [-0.15, -0.1) is 0 Å². The second-order valence-corrected chi connectivity index (χ2v) is 12.6. The molecule has 17 nitrogen and oxygen atoms in total. The van der Waals surface area contributed by atoms with Gasteiger partial charge in [-0.2, -0.15) is 9.97 Å². The van der Waals surface area contributed by atoms with Crippen molar-refractivity contribution in [3.05, 3.63) is 31.8 Å². The normalized spacial score (nSPS) is 22.7. The van der Waals surface area contributed by atoms with Crippen LogP contribution in [0, 0.1) is 23.7 Å². The molecule has 0 aromatic carbocycles. The summed E-state index contributed by atoms with van der Waals surface area (Å²) in [7, 11) is 4.34. The van der Waals surface area contributed by atoms with Crippen molar-refractivity contribution in [3.8, 4) is 0 Å². The summed E-state index contributed by atoms with van der Waals surface area (Å²) in [6.07, 6.45) is 5.23. The SMILES string of the molecule is CCC1C(COC(C)=O)CC1n1c(Br)nc2c(=O)[nH]c(N)nc21.CCC1C(COC(C)=O)CC1n1cnc2c(=O)[nH]c(N)nc21.[B]=NS. The number of carbonyl (C=O) groups is 2. The van der Waals surface area contributed by atoms with Gasteiger partial charge in [-0.25, -0.2) is 9.97 Å². The predicted molar refractivity (Wildman–Crippen MR) is 185 cm³/mol. The van der Waals surface area contributed by atoms with Crippen LogP contribution in [0.3, 0.4) is 0 Å². The summed E-state index contributed by atoms with van der Waals surface area (Å²) in [5, 5.41) is 0. The molecule has 2 fully saturated rings. The number of nitrogens with one attached hydrogen (secondary N) is 2. The van der Waals surface area contributed by atoms with Gasteiger partial charge in [0.15, 0.2) is 27.1 Å². The van der Waals surface area contributed by atoms with Crippen LogP contribution < -0.4 is 22.6 Å². The number of hydrogen-bond acceptors (Lipinski definition) is 14. The van der Waals surface area contributed by atoms with Gasteiger partial charge in [0, 0.05) is 25.9 Å². The minimum absolute atomic E-state index is 0.0694. The fourth-order valence-corrected chi connectivity index (χ4v) is 7.28. The molecule has 2 aliphatic carbocycles. The molecule has 48 heavy (non-hydrogen) atoms. The Bertz CT molecular complexity index is 1910. The zero-order valence-electron chi connectivity index (χ0n) is 26.9. The van der Waals surface area contributed by atoms with Gasteiger partial charge in [0.25, 0.3) is 11.1 Å². The zero-order chi connectivity index (χ0) is 35.3. The van der Waals surface area contributed by atoms with Crippen molar-refractivity contribution in [2.24, 2.45) is 28.0 Å². The van der Waals surface area contributed by atoms with Crippen molar-refractivity contribution in [2.75, 3.05) is 24.7 Å². The summed E-state index contributed by atoms with van der Waals surface area (Å²) in [5.74, 6) is 0.951. The Balaban J connectivity index is 0.000000201. The third-order valence-electron chi connectivity index (χ3n) is 8.90. The van der Waals surface area contributed by atoms with Crippen LogP contribution in [-0.2, 0) is 19.1 Å².